The van der Waals surface area contributed by atoms with Crippen LogP contribution < -0.4 is 0 Å². The molecule has 2 aromatic carbocycles. The Morgan fingerprint density at radius 3 is 2.56 bits per heavy atom. The van der Waals surface area contributed by atoms with Gasteiger partial charge in [-0.2, -0.15) is 0 Å². The predicted molar refractivity (Wildman–Crippen MR) is 108 cm³/mol. The fourth-order valence-electron chi connectivity index (χ4n) is 2.44. The molecule has 0 atom stereocenters. The van der Waals surface area contributed by atoms with Crippen molar-refractivity contribution in [3.63, 3.8) is 0 Å². The van der Waals surface area contributed by atoms with Gasteiger partial charge >= 0.3 is 0 Å². The second kappa shape index (κ2) is 8.59. The highest BCUT2D eigenvalue weighted by molar-refractivity contribution is 7.99. The Hall–Kier alpha value is -2.31. The van der Waals surface area contributed by atoms with Gasteiger partial charge in [0.1, 0.15) is 0 Å². The van der Waals surface area contributed by atoms with Crippen LogP contribution in [0.5, 0.6) is 0 Å². The lowest BCUT2D eigenvalue weighted by Crippen LogP contribution is -2.27. The monoisotopic (exact) mass is 401 g/mol. The smallest absolute Gasteiger partial charge is 0.277 e. The van der Waals surface area contributed by atoms with Crippen molar-refractivity contribution in [3.05, 3.63) is 64.2 Å². The summed E-state index contributed by atoms with van der Waals surface area (Å²) in [6, 6.07) is 13.4. The Balaban J connectivity index is 1.56. The molecule has 0 aliphatic heterocycles. The second-order valence-corrected chi connectivity index (χ2v) is 7.70. The van der Waals surface area contributed by atoms with Crippen molar-refractivity contribution in [2.24, 2.45) is 0 Å². The summed E-state index contributed by atoms with van der Waals surface area (Å²) in [5.41, 5.74) is 4.28. The highest BCUT2D eigenvalue weighted by Gasteiger charge is 2.14. The summed E-state index contributed by atoms with van der Waals surface area (Å²) in [4.78, 5) is 14.0. The van der Waals surface area contributed by atoms with Gasteiger partial charge in [0.25, 0.3) is 5.22 Å². The maximum absolute atomic E-state index is 12.3. The van der Waals surface area contributed by atoms with E-state index < -0.39 is 0 Å². The van der Waals surface area contributed by atoms with Gasteiger partial charge in [0.05, 0.1) is 5.75 Å². The number of aryl methyl sites for hydroxylation is 2. The summed E-state index contributed by atoms with van der Waals surface area (Å²) in [6.07, 6.45) is 0. The Labute approximate surface area is 167 Å². The van der Waals surface area contributed by atoms with E-state index in [9.17, 15) is 4.79 Å². The standard InChI is InChI=1S/C20H20ClN3O2S/c1-13-4-7-16(10-14(13)2)19-22-23-20(26-19)27-12-18(25)24(3)11-15-5-8-17(21)9-6-15/h4-10H,11-12H2,1-3H3. The maximum atomic E-state index is 12.3. The highest BCUT2D eigenvalue weighted by atomic mass is 35.5. The quantitative estimate of drug-likeness (QED) is 0.557. The third-order valence-electron chi connectivity index (χ3n) is 4.24. The molecule has 0 aliphatic carbocycles. The molecule has 0 N–H and O–H groups in total. The zero-order valence-corrected chi connectivity index (χ0v) is 17.0. The van der Waals surface area contributed by atoms with Crippen LogP contribution in [0.25, 0.3) is 11.5 Å². The third kappa shape index (κ3) is 5.11. The van der Waals surface area contributed by atoms with Crippen LogP contribution in [0.2, 0.25) is 5.02 Å². The third-order valence-corrected chi connectivity index (χ3v) is 5.29. The minimum atomic E-state index is -0.0131. The maximum Gasteiger partial charge on any atom is 0.277 e. The minimum absolute atomic E-state index is 0.0131. The van der Waals surface area contributed by atoms with E-state index in [-0.39, 0.29) is 11.7 Å². The molecule has 5 nitrogen and oxygen atoms in total. The van der Waals surface area contributed by atoms with E-state index in [1.165, 1.54) is 22.9 Å². The summed E-state index contributed by atoms with van der Waals surface area (Å²) < 4.78 is 5.68. The SMILES string of the molecule is Cc1ccc(-c2nnc(SCC(=O)N(C)Cc3ccc(Cl)cc3)o2)cc1C. The summed E-state index contributed by atoms with van der Waals surface area (Å²) in [5, 5.41) is 9.18. The average Bonchev–Trinajstić information content (AvgIpc) is 3.13. The molecule has 1 heterocycles. The lowest BCUT2D eigenvalue weighted by molar-refractivity contribution is -0.127. The van der Waals surface area contributed by atoms with Crippen LogP contribution in [0, 0.1) is 13.8 Å². The van der Waals surface area contributed by atoms with Gasteiger partial charge in [0, 0.05) is 24.2 Å². The topological polar surface area (TPSA) is 59.2 Å². The highest BCUT2D eigenvalue weighted by Crippen LogP contribution is 2.25. The normalized spacial score (nSPS) is 10.8. The summed E-state index contributed by atoms with van der Waals surface area (Å²) in [5.74, 6) is 0.682. The number of hydrogen-bond donors (Lipinski definition) is 0. The second-order valence-electron chi connectivity index (χ2n) is 6.34. The molecule has 0 radical (unpaired) electrons. The molecule has 1 amide bonds. The number of halogens is 1. The van der Waals surface area contributed by atoms with Crippen molar-refractivity contribution in [1.82, 2.24) is 15.1 Å². The van der Waals surface area contributed by atoms with E-state index in [1.54, 1.807) is 11.9 Å². The number of amides is 1. The molecule has 0 saturated carbocycles. The first-order valence-electron chi connectivity index (χ1n) is 8.44. The van der Waals surface area contributed by atoms with E-state index in [0.717, 1.165) is 11.1 Å². The zero-order valence-electron chi connectivity index (χ0n) is 15.4. The average molecular weight is 402 g/mol. The minimum Gasteiger partial charge on any atom is -0.411 e. The molecule has 3 rings (SSSR count). The predicted octanol–water partition coefficient (Wildman–Crippen LogP) is 4.76. The molecule has 140 valence electrons. The molecular formula is C20H20ClN3O2S. The summed E-state index contributed by atoms with van der Waals surface area (Å²) in [7, 11) is 1.77. The molecular weight excluding hydrogens is 382 g/mol. The number of thioether (sulfide) groups is 1. The molecule has 0 aliphatic rings. The van der Waals surface area contributed by atoms with Gasteiger partial charge in [-0.05, 0) is 54.8 Å². The zero-order chi connectivity index (χ0) is 19.4. The number of carbonyl (C=O) groups is 1. The van der Waals surface area contributed by atoms with Crippen molar-refractivity contribution < 1.29 is 9.21 Å². The van der Waals surface area contributed by atoms with E-state index >= 15 is 0 Å². The number of aromatic nitrogens is 2. The van der Waals surface area contributed by atoms with Crippen molar-refractivity contribution in [2.45, 2.75) is 25.6 Å². The van der Waals surface area contributed by atoms with Gasteiger partial charge < -0.3 is 9.32 Å². The molecule has 0 fully saturated rings. The van der Waals surface area contributed by atoms with Gasteiger partial charge in [0.2, 0.25) is 11.8 Å². The number of nitrogens with zero attached hydrogens (tertiary/aromatic N) is 3. The van der Waals surface area contributed by atoms with Crippen LogP contribution in [0.15, 0.2) is 52.1 Å². The molecule has 27 heavy (non-hydrogen) atoms. The fourth-order valence-corrected chi connectivity index (χ4v) is 3.27. The van der Waals surface area contributed by atoms with Crippen LogP contribution in [0.1, 0.15) is 16.7 Å². The number of carbonyl (C=O) groups excluding carboxylic acids is 1. The van der Waals surface area contributed by atoms with Crippen LogP contribution in [0.3, 0.4) is 0 Å². The van der Waals surface area contributed by atoms with Crippen molar-refractivity contribution in [2.75, 3.05) is 12.8 Å². The molecule has 0 unspecified atom stereocenters. The first-order chi connectivity index (χ1) is 12.9. The van der Waals surface area contributed by atoms with Crippen LogP contribution in [-0.4, -0.2) is 33.8 Å². The lowest BCUT2D eigenvalue weighted by Gasteiger charge is -2.16. The Kier molecular flexibility index (Phi) is 6.19. The molecule has 0 saturated heterocycles. The van der Waals surface area contributed by atoms with Crippen LogP contribution in [0.4, 0.5) is 0 Å². The van der Waals surface area contributed by atoms with Crippen LogP contribution >= 0.6 is 23.4 Å². The molecule has 0 spiro atoms. The Bertz CT molecular complexity index is 941. The van der Waals surface area contributed by atoms with Gasteiger partial charge in [0.15, 0.2) is 0 Å². The number of rotatable bonds is 6. The van der Waals surface area contributed by atoms with Crippen molar-refractivity contribution >= 4 is 29.3 Å². The van der Waals surface area contributed by atoms with Gasteiger partial charge in [-0.3, -0.25) is 4.79 Å². The van der Waals surface area contributed by atoms with Crippen molar-refractivity contribution in [1.29, 1.82) is 0 Å². The number of hydrogen-bond acceptors (Lipinski definition) is 5. The fraction of sp³-hybridized carbons (Fsp3) is 0.250. The van der Waals surface area contributed by atoms with Crippen molar-refractivity contribution in [3.8, 4) is 11.5 Å². The Morgan fingerprint density at radius 2 is 1.85 bits per heavy atom. The Morgan fingerprint density at radius 1 is 1.11 bits per heavy atom. The summed E-state index contributed by atoms with van der Waals surface area (Å²) in [6.45, 7) is 4.62. The number of benzene rings is 2. The lowest BCUT2D eigenvalue weighted by atomic mass is 10.1. The van der Waals surface area contributed by atoms with Gasteiger partial charge in [-0.15, -0.1) is 10.2 Å². The van der Waals surface area contributed by atoms with Gasteiger partial charge in [-0.25, -0.2) is 0 Å². The first kappa shape index (κ1) is 19.5. The van der Waals surface area contributed by atoms with E-state index in [4.69, 9.17) is 16.0 Å². The summed E-state index contributed by atoms with van der Waals surface area (Å²) >= 11 is 7.12. The van der Waals surface area contributed by atoms with E-state index in [0.29, 0.717) is 22.7 Å². The first-order valence-corrected chi connectivity index (χ1v) is 9.81. The van der Waals surface area contributed by atoms with Gasteiger partial charge in [-0.1, -0.05) is 41.6 Å². The molecule has 7 heteroatoms. The molecule has 1 aromatic heterocycles. The molecule has 0 bridgehead atoms. The van der Waals surface area contributed by atoms with E-state index in [2.05, 4.69) is 17.1 Å². The molecule has 3 aromatic rings. The largest absolute Gasteiger partial charge is 0.411 e. The van der Waals surface area contributed by atoms with Crippen LogP contribution in [-0.2, 0) is 11.3 Å². The van der Waals surface area contributed by atoms with E-state index in [1.807, 2.05) is 49.4 Å².